The smallest absolute Gasteiger partial charge is 0.340 e. The van der Waals surface area contributed by atoms with Crippen LogP contribution in [0, 0.1) is 0 Å². The van der Waals surface area contributed by atoms with Gasteiger partial charge in [-0.05, 0) is 47.9 Å². The number of amides is 1. The van der Waals surface area contributed by atoms with Gasteiger partial charge in [0.25, 0.3) is 5.91 Å². The summed E-state index contributed by atoms with van der Waals surface area (Å²) in [5.41, 5.74) is 2.32. The lowest BCUT2D eigenvalue weighted by Crippen LogP contribution is -2.35. The molecule has 1 amide bonds. The predicted molar refractivity (Wildman–Crippen MR) is 104 cm³/mol. The van der Waals surface area contributed by atoms with Gasteiger partial charge in [-0.1, -0.05) is 30.3 Å². The molecule has 0 bridgehead atoms. The number of rotatable bonds is 3. The quantitative estimate of drug-likeness (QED) is 0.673. The van der Waals surface area contributed by atoms with Crippen LogP contribution in [-0.4, -0.2) is 22.3 Å². The standard InChI is InChI=1S/C22H18F3N3O/c23-22(24,25)18-6-3-7-19(13-18)27-20-12-16(8-10-26-20)21(29)28-11-9-15-4-1-2-5-17(15)14-28/h1-8,10,12-13H,9,11,14H2,(H,26,27). The first kappa shape index (κ1) is 19.0. The lowest BCUT2D eigenvalue weighted by atomic mass is 9.99. The van der Waals surface area contributed by atoms with Crippen LogP contribution in [0.1, 0.15) is 27.0 Å². The summed E-state index contributed by atoms with van der Waals surface area (Å²) in [5.74, 6) is 0.182. The summed E-state index contributed by atoms with van der Waals surface area (Å²) in [6, 6.07) is 16.1. The van der Waals surface area contributed by atoms with Crippen molar-refractivity contribution >= 4 is 17.4 Å². The topological polar surface area (TPSA) is 45.2 Å². The van der Waals surface area contributed by atoms with Gasteiger partial charge in [0.2, 0.25) is 0 Å². The van der Waals surface area contributed by atoms with E-state index in [-0.39, 0.29) is 11.6 Å². The third-order valence-corrected chi connectivity index (χ3v) is 4.89. The van der Waals surface area contributed by atoms with E-state index in [4.69, 9.17) is 0 Å². The lowest BCUT2D eigenvalue weighted by Gasteiger charge is -2.29. The number of hydrogen-bond acceptors (Lipinski definition) is 3. The number of alkyl halides is 3. The van der Waals surface area contributed by atoms with E-state index in [0.717, 1.165) is 24.1 Å². The van der Waals surface area contributed by atoms with Crippen LogP contribution >= 0.6 is 0 Å². The Hall–Kier alpha value is -3.35. The maximum atomic E-state index is 12.9. The lowest BCUT2D eigenvalue weighted by molar-refractivity contribution is -0.137. The molecule has 29 heavy (non-hydrogen) atoms. The number of nitrogens with one attached hydrogen (secondary N) is 1. The number of anilines is 2. The van der Waals surface area contributed by atoms with Gasteiger partial charge in [-0.3, -0.25) is 4.79 Å². The van der Waals surface area contributed by atoms with Crippen molar-refractivity contribution in [2.24, 2.45) is 0 Å². The highest BCUT2D eigenvalue weighted by molar-refractivity contribution is 5.95. The zero-order chi connectivity index (χ0) is 20.4. The molecule has 1 N–H and O–H groups in total. The van der Waals surface area contributed by atoms with Gasteiger partial charge in [0.1, 0.15) is 5.82 Å². The first-order valence-electron chi connectivity index (χ1n) is 9.16. The Balaban J connectivity index is 1.51. The summed E-state index contributed by atoms with van der Waals surface area (Å²) in [5, 5.41) is 2.85. The molecule has 2 heterocycles. The van der Waals surface area contributed by atoms with Crippen LogP contribution < -0.4 is 5.32 Å². The second-order valence-electron chi connectivity index (χ2n) is 6.88. The SMILES string of the molecule is O=C(c1ccnc(Nc2cccc(C(F)(F)F)c2)c1)N1CCc2ccccc2C1. The first-order chi connectivity index (χ1) is 13.9. The molecule has 0 atom stereocenters. The van der Waals surface area contributed by atoms with E-state index in [1.54, 1.807) is 17.0 Å². The molecule has 0 saturated carbocycles. The highest BCUT2D eigenvalue weighted by Gasteiger charge is 2.30. The van der Waals surface area contributed by atoms with Gasteiger partial charge in [0.15, 0.2) is 0 Å². The van der Waals surface area contributed by atoms with Gasteiger partial charge in [-0.2, -0.15) is 13.2 Å². The van der Waals surface area contributed by atoms with Gasteiger partial charge in [-0.25, -0.2) is 4.98 Å². The van der Waals surface area contributed by atoms with Crippen molar-refractivity contribution in [2.45, 2.75) is 19.1 Å². The second-order valence-corrected chi connectivity index (χ2v) is 6.88. The number of carbonyl (C=O) groups excluding carboxylic acids is 1. The molecule has 0 fully saturated rings. The Labute approximate surface area is 166 Å². The fourth-order valence-electron chi connectivity index (χ4n) is 3.40. The minimum Gasteiger partial charge on any atom is -0.340 e. The monoisotopic (exact) mass is 397 g/mol. The van der Waals surface area contributed by atoms with Crippen molar-refractivity contribution in [2.75, 3.05) is 11.9 Å². The molecular weight excluding hydrogens is 379 g/mol. The number of pyridine rings is 1. The van der Waals surface area contributed by atoms with Crippen LogP contribution in [0.25, 0.3) is 0 Å². The van der Waals surface area contributed by atoms with Crippen LogP contribution in [-0.2, 0) is 19.1 Å². The zero-order valence-corrected chi connectivity index (χ0v) is 15.4. The van der Waals surface area contributed by atoms with Gasteiger partial charge < -0.3 is 10.2 Å². The maximum Gasteiger partial charge on any atom is 0.416 e. The number of benzene rings is 2. The van der Waals surface area contributed by atoms with Crippen LogP contribution in [0.15, 0.2) is 66.9 Å². The zero-order valence-electron chi connectivity index (χ0n) is 15.4. The molecular formula is C22H18F3N3O. The number of fused-ring (bicyclic) bond motifs is 1. The fraction of sp³-hybridized carbons (Fsp3) is 0.182. The Bertz CT molecular complexity index is 1050. The second kappa shape index (κ2) is 7.58. The van der Waals surface area contributed by atoms with Crippen LogP contribution in [0.5, 0.6) is 0 Å². The van der Waals surface area contributed by atoms with E-state index in [1.165, 1.54) is 23.9 Å². The molecule has 0 spiro atoms. The fourth-order valence-corrected chi connectivity index (χ4v) is 3.40. The van der Waals surface area contributed by atoms with E-state index in [2.05, 4.69) is 16.4 Å². The minimum absolute atomic E-state index is 0.131. The van der Waals surface area contributed by atoms with Crippen LogP contribution in [0.2, 0.25) is 0 Å². The first-order valence-corrected chi connectivity index (χ1v) is 9.16. The number of halogens is 3. The third kappa shape index (κ3) is 4.23. The molecule has 1 aliphatic heterocycles. The Kier molecular flexibility index (Phi) is 4.96. The molecule has 0 unspecified atom stereocenters. The van der Waals surface area contributed by atoms with Gasteiger partial charge in [-0.15, -0.1) is 0 Å². The average molecular weight is 397 g/mol. The van der Waals surface area contributed by atoms with Crippen molar-refractivity contribution in [3.05, 3.63) is 89.1 Å². The summed E-state index contributed by atoms with van der Waals surface area (Å²) in [6.07, 6.45) is -2.16. The predicted octanol–water partition coefficient (Wildman–Crippen LogP) is 5.04. The van der Waals surface area contributed by atoms with Crippen LogP contribution in [0.4, 0.5) is 24.7 Å². The summed E-state index contributed by atoms with van der Waals surface area (Å²) in [7, 11) is 0. The van der Waals surface area contributed by atoms with Gasteiger partial charge in [0.05, 0.1) is 5.56 Å². The van der Waals surface area contributed by atoms with E-state index >= 15 is 0 Å². The molecule has 0 saturated heterocycles. The molecule has 1 aromatic heterocycles. The van der Waals surface area contributed by atoms with E-state index < -0.39 is 11.7 Å². The number of hydrogen-bond donors (Lipinski definition) is 1. The van der Waals surface area contributed by atoms with Crippen molar-refractivity contribution in [1.29, 1.82) is 0 Å². The highest BCUT2D eigenvalue weighted by Crippen LogP contribution is 2.31. The molecule has 0 aliphatic carbocycles. The largest absolute Gasteiger partial charge is 0.416 e. The Morgan fingerprint density at radius 2 is 1.79 bits per heavy atom. The van der Waals surface area contributed by atoms with Crippen molar-refractivity contribution in [3.8, 4) is 0 Å². The minimum atomic E-state index is -4.42. The number of carbonyl (C=O) groups is 1. The molecule has 1 aliphatic rings. The normalized spacial score (nSPS) is 13.7. The molecule has 0 radical (unpaired) electrons. The van der Waals surface area contributed by atoms with Crippen molar-refractivity contribution in [1.82, 2.24) is 9.88 Å². The van der Waals surface area contributed by atoms with Gasteiger partial charge in [0, 0.05) is 30.5 Å². The summed E-state index contributed by atoms with van der Waals surface area (Å²) in [6.45, 7) is 1.16. The van der Waals surface area contributed by atoms with E-state index in [0.29, 0.717) is 24.5 Å². The van der Waals surface area contributed by atoms with E-state index in [9.17, 15) is 18.0 Å². The van der Waals surface area contributed by atoms with Gasteiger partial charge >= 0.3 is 6.18 Å². The Morgan fingerprint density at radius 3 is 2.59 bits per heavy atom. The average Bonchev–Trinajstić information content (AvgIpc) is 2.72. The number of nitrogens with zero attached hydrogens (tertiary/aromatic N) is 2. The summed E-state index contributed by atoms with van der Waals surface area (Å²) < 4.78 is 38.7. The summed E-state index contributed by atoms with van der Waals surface area (Å²) >= 11 is 0. The molecule has 7 heteroatoms. The van der Waals surface area contributed by atoms with Crippen molar-refractivity contribution in [3.63, 3.8) is 0 Å². The molecule has 3 aromatic rings. The third-order valence-electron chi connectivity index (χ3n) is 4.89. The number of aromatic nitrogens is 1. The van der Waals surface area contributed by atoms with Crippen molar-refractivity contribution < 1.29 is 18.0 Å². The molecule has 4 rings (SSSR count). The summed E-state index contributed by atoms with van der Waals surface area (Å²) in [4.78, 5) is 18.8. The van der Waals surface area contributed by atoms with E-state index in [1.807, 2.05) is 18.2 Å². The molecule has 148 valence electrons. The Morgan fingerprint density at radius 1 is 1.00 bits per heavy atom. The molecule has 4 nitrogen and oxygen atoms in total. The maximum absolute atomic E-state index is 12.9. The van der Waals surface area contributed by atoms with Crippen LogP contribution in [0.3, 0.4) is 0 Å². The molecule has 2 aromatic carbocycles. The highest BCUT2D eigenvalue weighted by atomic mass is 19.4.